The number of rotatable bonds is 2. The number of ether oxygens (including phenoxy) is 1. The molecule has 0 saturated carbocycles. The van der Waals surface area contributed by atoms with Gasteiger partial charge in [0.1, 0.15) is 0 Å². The fourth-order valence-corrected chi connectivity index (χ4v) is 5.00. The van der Waals surface area contributed by atoms with Gasteiger partial charge in [-0.05, 0) is 24.0 Å². The fourth-order valence-electron chi connectivity index (χ4n) is 4.10. The van der Waals surface area contributed by atoms with Crippen molar-refractivity contribution in [3.63, 3.8) is 0 Å². The predicted molar refractivity (Wildman–Crippen MR) is 91.2 cm³/mol. The van der Waals surface area contributed by atoms with E-state index in [4.69, 9.17) is 4.74 Å². The minimum absolute atomic E-state index is 0.00793. The molecule has 0 spiro atoms. The van der Waals surface area contributed by atoms with E-state index in [0.29, 0.717) is 26.1 Å². The van der Waals surface area contributed by atoms with Crippen molar-refractivity contribution in [1.82, 2.24) is 4.31 Å². The molecule has 0 radical (unpaired) electrons. The molecule has 4 rings (SSSR count). The Hall–Kier alpha value is -1.50. The summed E-state index contributed by atoms with van der Waals surface area (Å²) in [6.45, 7) is 1.60. The Morgan fingerprint density at radius 3 is 2.67 bits per heavy atom. The average Bonchev–Trinajstić information content (AvgIpc) is 3.05. The van der Waals surface area contributed by atoms with Crippen LogP contribution in [0.3, 0.4) is 0 Å². The van der Waals surface area contributed by atoms with Gasteiger partial charge < -0.3 is 4.74 Å². The quantitative estimate of drug-likeness (QED) is 0.822. The van der Waals surface area contributed by atoms with Crippen LogP contribution in [0.5, 0.6) is 0 Å². The molecule has 0 amide bonds. The molecule has 2 atom stereocenters. The van der Waals surface area contributed by atoms with Gasteiger partial charge in [-0.2, -0.15) is 0 Å². The molecule has 1 aromatic carbocycles. The van der Waals surface area contributed by atoms with E-state index in [1.54, 1.807) is 0 Å². The number of benzene rings is 1. The zero-order chi connectivity index (χ0) is 16.9. The van der Waals surface area contributed by atoms with Gasteiger partial charge in [-0.3, -0.25) is 4.79 Å². The highest BCUT2D eigenvalue weighted by Crippen LogP contribution is 2.40. The molecule has 5 nitrogen and oxygen atoms in total. The second kappa shape index (κ2) is 5.79. The van der Waals surface area contributed by atoms with Crippen LogP contribution in [0.1, 0.15) is 35.2 Å². The maximum absolute atomic E-state index is 12.4. The Labute approximate surface area is 142 Å². The highest BCUT2D eigenvalue weighted by atomic mass is 32.2. The van der Waals surface area contributed by atoms with Crippen molar-refractivity contribution in [1.29, 1.82) is 0 Å². The highest BCUT2D eigenvalue weighted by molar-refractivity contribution is 7.88. The summed E-state index contributed by atoms with van der Waals surface area (Å²) in [5.41, 5.74) is 4.13. The largest absolute Gasteiger partial charge is 0.373 e. The summed E-state index contributed by atoms with van der Waals surface area (Å²) in [5, 5.41) is 0. The molecule has 2 aliphatic heterocycles. The Balaban J connectivity index is 1.56. The first kappa shape index (κ1) is 16.0. The minimum atomic E-state index is -3.13. The lowest BCUT2D eigenvalue weighted by atomic mass is 9.80. The van der Waals surface area contributed by atoms with Crippen LogP contribution in [0.25, 0.3) is 5.57 Å². The summed E-state index contributed by atoms with van der Waals surface area (Å²) in [4.78, 5) is 12.4. The third kappa shape index (κ3) is 2.72. The SMILES string of the molecule is CS(=O)(=O)N1CCC(C2CC3=C(CO2)c2ccccc2C(=O)C3)C1. The van der Waals surface area contributed by atoms with E-state index in [1.165, 1.54) is 16.1 Å². The molecular weight excluding hydrogens is 326 g/mol. The summed E-state index contributed by atoms with van der Waals surface area (Å²) >= 11 is 0. The van der Waals surface area contributed by atoms with Crippen LogP contribution < -0.4 is 0 Å². The molecule has 128 valence electrons. The number of fused-ring (bicyclic) bond motifs is 2. The number of hydrogen-bond acceptors (Lipinski definition) is 4. The summed E-state index contributed by atoms with van der Waals surface area (Å²) in [6.07, 6.45) is 3.29. The predicted octanol–water partition coefficient (Wildman–Crippen LogP) is 2.10. The van der Waals surface area contributed by atoms with E-state index in [-0.39, 0.29) is 17.8 Å². The first-order chi connectivity index (χ1) is 11.4. The summed E-state index contributed by atoms with van der Waals surface area (Å²) in [7, 11) is -3.13. The van der Waals surface area contributed by atoms with Crippen LogP contribution in [-0.4, -0.2) is 50.6 Å². The monoisotopic (exact) mass is 347 g/mol. The van der Waals surface area contributed by atoms with Crippen molar-refractivity contribution < 1.29 is 17.9 Å². The fraction of sp³-hybridized carbons (Fsp3) is 0.500. The van der Waals surface area contributed by atoms with Gasteiger partial charge in [-0.25, -0.2) is 12.7 Å². The second-order valence-electron chi connectivity index (χ2n) is 6.95. The van der Waals surface area contributed by atoms with Gasteiger partial charge in [0, 0.05) is 31.0 Å². The smallest absolute Gasteiger partial charge is 0.211 e. The van der Waals surface area contributed by atoms with Crippen molar-refractivity contribution in [2.45, 2.75) is 25.4 Å². The number of carbonyl (C=O) groups is 1. The second-order valence-corrected chi connectivity index (χ2v) is 8.93. The van der Waals surface area contributed by atoms with Crippen molar-refractivity contribution >= 4 is 21.4 Å². The molecule has 24 heavy (non-hydrogen) atoms. The molecule has 0 bridgehead atoms. The standard InChI is InChI=1S/C18H21NO4S/c1-24(21,22)19-7-6-12(10-19)18-9-13-8-17(20)15-5-3-2-4-14(15)16(13)11-23-18/h2-5,12,18H,6-11H2,1H3. The number of hydrogen-bond donors (Lipinski definition) is 0. The van der Waals surface area contributed by atoms with Crippen molar-refractivity contribution in [2.75, 3.05) is 26.0 Å². The number of nitrogens with zero attached hydrogens (tertiary/aromatic N) is 1. The van der Waals surface area contributed by atoms with Crippen molar-refractivity contribution in [2.24, 2.45) is 5.92 Å². The number of Topliss-reactive ketones (excluding diaryl/α,β-unsaturated/α-hetero) is 1. The normalized spacial score (nSPS) is 28.0. The topological polar surface area (TPSA) is 63.7 Å². The maximum Gasteiger partial charge on any atom is 0.211 e. The molecule has 6 heteroatoms. The first-order valence-corrected chi connectivity index (χ1v) is 10.2. The van der Waals surface area contributed by atoms with Crippen molar-refractivity contribution in [3.8, 4) is 0 Å². The Bertz CT molecular complexity index is 827. The molecule has 2 heterocycles. The number of carbonyl (C=O) groups excluding carboxylic acids is 1. The number of sulfonamides is 1. The zero-order valence-corrected chi connectivity index (χ0v) is 14.5. The third-order valence-corrected chi connectivity index (χ3v) is 6.69. The van der Waals surface area contributed by atoms with Gasteiger partial charge in [0.15, 0.2) is 5.78 Å². The van der Waals surface area contributed by atoms with Crippen LogP contribution in [0.15, 0.2) is 29.8 Å². The van der Waals surface area contributed by atoms with E-state index in [0.717, 1.165) is 29.5 Å². The Kier molecular flexibility index (Phi) is 3.86. The molecule has 0 N–H and O–H groups in total. The van der Waals surface area contributed by atoms with Gasteiger partial charge >= 0.3 is 0 Å². The Morgan fingerprint density at radius 2 is 1.96 bits per heavy atom. The highest BCUT2D eigenvalue weighted by Gasteiger charge is 2.38. The van der Waals surface area contributed by atoms with E-state index < -0.39 is 10.0 Å². The molecule has 1 fully saturated rings. The summed E-state index contributed by atoms with van der Waals surface area (Å²) in [5.74, 6) is 0.384. The van der Waals surface area contributed by atoms with Crippen LogP contribution in [0, 0.1) is 5.92 Å². The maximum atomic E-state index is 12.4. The molecule has 2 unspecified atom stereocenters. The van der Waals surface area contributed by atoms with E-state index in [1.807, 2.05) is 24.3 Å². The van der Waals surface area contributed by atoms with Gasteiger partial charge in [-0.15, -0.1) is 0 Å². The van der Waals surface area contributed by atoms with E-state index >= 15 is 0 Å². The zero-order valence-electron chi connectivity index (χ0n) is 13.7. The summed E-state index contributed by atoms with van der Waals surface area (Å²) in [6, 6.07) is 7.73. The third-order valence-electron chi connectivity index (χ3n) is 5.42. The van der Waals surface area contributed by atoms with E-state index in [9.17, 15) is 13.2 Å². The molecule has 3 aliphatic rings. The molecule has 1 saturated heterocycles. The van der Waals surface area contributed by atoms with Crippen LogP contribution in [0.2, 0.25) is 0 Å². The van der Waals surface area contributed by atoms with Gasteiger partial charge in [-0.1, -0.05) is 29.8 Å². The molecular formula is C18H21NO4S. The lowest BCUT2D eigenvalue weighted by molar-refractivity contribution is 0.0284. The van der Waals surface area contributed by atoms with Gasteiger partial charge in [0.05, 0.1) is 19.0 Å². The van der Waals surface area contributed by atoms with E-state index in [2.05, 4.69) is 0 Å². The van der Waals surface area contributed by atoms with Gasteiger partial charge in [0.2, 0.25) is 10.0 Å². The van der Waals surface area contributed by atoms with Gasteiger partial charge in [0.25, 0.3) is 0 Å². The van der Waals surface area contributed by atoms with Crippen molar-refractivity contribution in [3.05, 3.63) is 41.0 Å². The molecule has 1 aliphatic carbocycles. The summed E-state index contributed by atoms with van der Waals surface area (Å²) < 4.78 is 31.0. The first-order valence-electron chi connectivity index (χ1n) is 8.33. The number of ketones is 1. The Morgan fingerprint density at radius 1 is 1.21 bits per heavy atom. The van der Waals surface area contributed by atoms with Crippen LogP contribution >= 0.6 is 0 Å². The van der Waals surface area contributed by atoms with Crippen LogP contribution in [0.4, 0.5) is 0 Å². The minimum Gasteiger partial charge on any atom is -0.373 e. The molecule has 0 aromatic heterocycles. The lowest BCUT2D eigenvalue weighted by Crippen LogP contribution is -2.34. The van der Waals surface area contributed by atoms with Crippen LogP contribution in [-0.2, 0) is 14.8 Å². The average molecular weight is 347 g/mol. The lowest BCUT2D eigenvalue weighted by Gasteiger charge is -2.34. The molecule has 1 aromatic rings.